The highest BCUT2D eigenvalue weighted by molar-refractivity contribution is 5.28. The summed E-state index contributed by atoms with van der Waals surface area (Å²) in [6.07, 6.45) is 9.54. The Labute approximate surface area is 127 Å². The molecule has 0 aliphatic heterocycles. The summed E-state index contributed by atoms with van der Waals surface area (Å²) in [6, 6.07) is 6.15. The Balaban J connectivity index is 1.57. The van der Waals surface area contributed by atoms with Gasteiger partial charge in [-0.25, -0.2) is 4.39 Å². The molecule has 0 saturated heterocycles. The van der Waals surface area contributed by atoms with Gasteiger partial charge in [0.1, 0.15) is 5.82 Å². The number of nitrogens with one attached hydrogen (secondary N) is 1. The predicted molar refractivity (Wildman–Crippen MR) is 83.7 cm³/mol. The van der Waals surface area contributed by atoms with Crippen molar-refractivity contribution in [1.82, 2.24) is 5.32 Å². The lowest BCUT2D eigenvalue weighted by molar-refractivity contribution is 0.155. The van der Waals surface area contributed by atoms with Gasteiger partial charge >= 0.3 is 0 Å². The summed E-state index contributed by atoms with van der Waals surface area (Å²) in [5, 5.41) is 3.80. The van der Waals surface area contributed by atoms with E-state index in [1.54, 1.807) is 12.1 Å². The molecule has 1 nitrogen and oxygen atoms in total. The van der Waals surface area contributed by atoms with Crippen molar-refractivity contribution < 1.29 is 4.39 Å². The zero-order chi connectivity index (χ0) is 14.4. The number of rotatable bonds is 5. The normalized spacial score (nSPS) is 34.6. The van der Waals surface area contributed by atoms with Crippen molar-refractivity contribution in [3.8, 4) is 0 Å². The number of aryl methyl sites for hydroxylation is 1. The van der Waals surface area contributed by atoms with Crippen molar-refractivity contribution in [3.63, 3.8) is 0 Å². The Kier molecular flexibility index (Phi) is 3.33. The van der Waals surface area contributed by atoms with Gasteiger partial charge in [-0.3, -0.25) is 0 Å². The lowest BCUT2D eigenvalue weighted by Gasteiger charge is -2.39. The standard InChI is InChI=1S/C19H26FN/c1-13-8-17(20)5-3-15(13)11-19(12-21-18-6-7-18)10-14-2-4-16(19)9-14/h3,5,8,14,16,18,21H,2,4,6-7,9-12H2,1H3. The highest BCUT2D eigenvalue weighted by Gasteiger charge is 2.50. The highest BCUT2D eigenvalue weighted by atomic mass is 19.1. The topological polar surface area (TPSA) is 12.0 Å². The van der Waals surface area contributed by atoms with Gasteiger partial charge in [0, 0.05) is 12.6 Å². The van der Waals surface area contributed by atoms with Crippen molar-refractivity contribution in [2.24, 2.45) is 17.3 Å². The summed E-state index contributed by atoms with van der Waals surface area (Å²) in [7, 11) is 0. The molecule has 0 radical (unpaired) electrons. The van der Waals surface area contributed by atoms with E-state index < -0.39 is 0 Å². The van der Waals surface area contributed by atoms with Gasteiger partial charge in [0.2, 0.25) is 0 Å². The molecule has 1 aromatic rings. The van der Waals surface area contributed by atoms with Crippen LogP contribution in [0.1, 0.15) is 49.7 Å². The first kappa shape index (κ1) is 13.8. The van der Waals surface area contributed by atoms with E-state index in [1.807, 2.05) is 6.07 Å². The van der Waals surface area contributed by atoms with Crippen molar-refractivity contribution in [3.05, 3.63) is 35.1 Å². The van der Waals surface area contributed by atoms with E-state index in [0.717, 1.165) is 29.9 Å². The molecule has 2 bridgehead atoms. The maximum atomic E-state index is 13.4. The largest absolute Gasteiger partial charge is 0.313 e. The Morgan fingerprint density at radius 3 is 2.71 bits per heavy atom. The molecule has 3 atom stereocenters. The first-order chi connectivity index (χ1) is 10.1. The maximum Gasteiger partial charge on any atom is 0.123 e. The monoisotopic (exact) mass is 287 g/mol. The first-order valence-electron chi connectivity index (χ1n) is 8.63. The van der Waals surface area contributed by atoms with Gasteiger partial charge in [0.25, 0.3) is 0 Å². The zero-order valence-corrected chi connectivity index (χ0v) is 13.0. The summed E-state index contributed by atoms with van der Waals surface area (Å²) < 4.78 is 13.4. The third-order valence-electron chi connectivity index (χ3n) is 6.27. The average molecular weight is 287 g/mol. The van der Waals surface area contributed by atoms with E-state index in [2.05, 4.69) is 12.2 Å². The molecular formula is C19H26FN. The summed E-state index contributed by atoms with van der Waals surface area (Å²) in [4.78, 5) is 0. The molecule has 0 heterocycles. The molecule has 0 aromatic heterocycles. The summed E-state index contributed by atoms with van der Waals surface area (Å²) in [6.45, 7) is 3.24. The molecule has 0 spiro atoms. The van der Waals surface area contributed by atoms with Crippen molar-refractivity contribution in [1.29, 1.82) is 0 Å². The van der Waals surface area contributed by atoms with Crippen LogP contribution >= 0.6 is 0 Å². The van der Waals surface area contributed by atoms with Gasteiger partial charge < -0.3 is 5.32 Å². The molecule has 1 N–H and O–H groups in total. The van der Waals surface area contributed by atoms with Crippen LogP contribution in [0.15, 0.2) is 18.2 Å². The minimum absolute atomic E-state index is 0.102. The second-order valence-electron chi connectivity index (χ2n) is 7.85. The zero-order valence-electron chi connectivity index (χ0n) is 13.0. The first-order valence-corrected chi connectivity index (χ1v) is 8.63. The second kappa shape index (κ2) is 5.08. The molecule has 21 heavy (non-hydrogen) atoms. The van der Waals surface area contributed by atoms with E-state index in [-0.39, 0.29) is 5.82 Å². The van der Waals surface area contributed by atoms with Gasteiger partial charge in [-0.1, -0.05) is 12.5 Å². The molecule has 114 valence electrons. The maximum absolute atomic E-state index is 13.4. The summed E-state index contributed by atoms with van der Waals surface area (Å²) in [5.74, 6) is 1.74. The van der Waals surface area contributed by atoms with Crippen LogP contribution in [0.3, 0.4) is 0 Å². The van der Waals surface area contributed by atoms with Crippen molar-refractivity contribution in [2.45, 2.75) is 57.9 Å². The number of fused-ring (bicyclic) bond motifs is 2. The average Bonchev–Trinajstić information content (AvgIpc) is 3.09. The van der Waals surface area contributed by atoms with Gasteiger partial charge in [0.15, 0.2) is 0 Å². The van der Waals surface area contributed by atoms with Gasteiger partial charge in [-0.2, -0.15) is 0 Å². The molecule has 3 fully saturated rings. The Morgan fingerprint density at radius 1 is 1.24 bits per heavy atom. The lowest BCUT2D eigenvalue weighted by Crippen LogP contribution is -2.41. The molecule has 3 unspecified atom stereocenters. The fraction of sp³-hybridized carbons (Fsp3) is 0.684. The van der Waals surface area contributed by atoms with E-state index in [4.69, 9.17) is 0 Å². The van der Waals surface area contributed by atoms with Crippen molar-refractivity contribution in [2.75, 3.05) is 6.54 Å². The van der Waals surface area contributed by atoms with Crippen LogP contribution in [0.4, 0.5) is 4.39 Å². The van der Waals surface area contributed by atoms with Crippen LogP contribution < -0.4 is 5.32 Å². The molecule has 3 saturated carbocycles. The quantitative estimate of drug-likeness (QED) is 0.854. The second-order valence-corrected chi connectivity index (χ2v) is 7.85. The molecule has 2 heteroatoms. The van der Waals surface area contributed by atoms with E-state index >= 15 is 0 Å². The molecule has 3 aliphatic rings. The van der Waals surface area contributed by atoms with Gasteiger partial charge in [-0.05, 0) is 86.0 Å². The van der Waals surface area contributed by atoms with Crippen molar-refractivity contribution >= 4 is 0 Å². The fourth-order valence-electron chi connectivity index (χ4n) is 4.93. The van der Waals surface area contributed by atoms with Crippen LogP contribution in [-0.4, -0.2) is 12.6 Å². The lowest BCUT2D eigenvalue weighted by atomic mass is 9.69. The van der Waals surface area contributed by atoms with Crippen LogP contribution in [0.5, 0.6) is 0 Å². The third kappa shape index (κ3) is 2.63. The summed E-state index contributed by atoms with van der Waals surface area (Å²) >= 11 is 0. The number of halogens is 1. The van der Waals surface area contributed by atoms with E-state index in [0.29, 0.717) is 5.41 Å². The molecular weight excluding hydrogens is 261 g/mol. The minimum Gasteiger partial charge on any atom is -0.313 e. The molecule has 0 amide bonds. The third-order valence-corrected chi connectivity index (χ3v) is 6.27. The summed E-state index contributed by atoms with van der Waals surface area (Å²) in [5.41, 5.74) is 2.93. The van der Waals surface area contributed by atoms with E-state index in [1.165, 1.54) is 50.6 Å². The fourth-order valence-corrected chi connectivity index (χ4v) is 4.93. The smallest absolute Gasteiger partial charge is 0.123 e. The molecule has 4 rings (SSSR count). The number of benzene rings is 1. The highest BCUT2D eigenvalue weighted by Crippen LogP contribution is 2.57. The molecule has 1 aromatic carbocycles. The van der Waals surface area contributed by atoms with Gasteiger partial charge in [-0.15, -0.1) is 0 Å². The van der Waals surface area contributed by atoms with Crippen LogP contribution in [-0.2, 0) is 6.42 Å². The SMILES string of the molecule is Cc1cc(F)ccc1CC1(CNC2CC2)CC2CCC1C2. The minimum atomic E-state index is -0.102. The Bertz CT molecular complexity index is 536. The van der Waals surface area contributed by atoms with Crippen LogP contribution in [0, 0.1) is 30.0 Å². The molecule has 3 aliphatic carbocycles. The number of hydrogen-bond acceptors (Lipinski definition) is 1. The van der Waals surface area contributed by atoms with Crippen LogP contribution in [0.25, 0.3) is 0 Å². The van der Waals surface area contributed by atoms with Crippen LogP contribution in [0.2, 0.25) is 0 Å². The Hall–Kier alpha value is -0.890. The predicted octanol–water partition coefficient (Wildman–Crippen LogP) is 4.24. The van der Waals surface area contributed by atoms with Gasteiger partial charge in [0.05, 0.1) is 0 Å². The Morgan fingerprint density at radius 2 is 2.10 bits per heavy atom. The number of hydrogen-bond donors (Lipinski definition) is 1. The van der Waals surface area contributed by atoms with E-state index in [9.17, 15) is 4.39 Å².